The summed E-state index contributed by atoms with van der Waals surface area (Å²) in [5.74, 6) is 1.86. The van der Waals surface area contributed by atoms with Gasteiger partial charge in [0.1, 0.15) is 0 Å². The average molecular weight is 249 g/mol. The van der Waals surface area contributed by atoms with Crippen LogP contribution in [-0.2, 0) is 0 Å². The second-order valence-corrected chi connectivity index (χ2v) is 6.67. The van der Waals surface area contributed by atoms with Crippen LogP contribution in [0.25, 0.3) is 0 Å². The van der Waals surface area contributed by atoms with Gasteiger partial charge in [-0.1, -0.05) is 38.3 Å². The van der Waals surface area contributed by atoms with Crippen molar-refractivity contribution >= 4 is 0 Å². The van der Waals surface area contributed by atoms with E-state index in [9.17, 15) is 0 Å². The third kappa shape index (κ3) is 4.42. The van der Waals surface area contributed by atoms with Gasteiger partial charge in [-0.2, -0.15) is 0 Å². The lowest BCUT2D eigenvalue weighted by Crippen LogP contribution is -2.29. The minimum absolute atomic E-state index is 0.802. The molecule has 0 radical (unpaired) electrons. The standard InChI is InChI=1S/C17H31N/c1-14(2)16-8-5-9-17(11-10-16)18-13-12-15-6-3-4-7-15/h6,14,16-18H,3-5,7-13H2,1-2H3. The summed E-state index contributed by atoms with van der Waals surface area (Å²) in [5, 5.41) is 3.81. The van der Waals surface area contributed by atoms with E-state index < -0.39 is 0 Å². The Bertz CT molecular complexity index is 267. The lowest BCUT2D eigenvalue weighted by Gasteiger charge is -2.19. The third-order valence-electron chi connectivity index (χ3n) is 4.97. The molecule has 1 N–H and O–H groups in total. The van der Waals surface area contributed by atoms with Gasteiger partial charge in [-0.15, -0.1) is 0 Å². The molecule has 1 heteroatoms. The molecule has 2 aliphatic carbocycles. The van der Waals surface area contributed by atoms with Gasteiger partial charge < -0.3 is 5.32 Å². The molecule has 0 spiro atoms. The fourth-order valence-electron chi connectivity index (χ4n) is 3.60. The normalized spacial score (nSPS) is 29.4. The fourth-order valence-corrected chi connectivity index (χ4v) is 3.60. The molecule has 0 saturated heterocycles. The molecule has 104 valence electrons. The smallest absolute Gasteiger partial charge is 0.00672 e. The maximum atomic E-state index is 3.81. The Kier molecular flexibility index (Phi) is 5.75. The lowest BCUT2D eigenvalue weighted by molar-refractivity contribution is 0.338. The monoisotopic (exact) mass is 249 g/mol. The van der Waals surface area contributed by atoms with Crippen molar-refractivity contribution in [3.8, 4) is 0 Å². The molecule has 0 bridgehead atoms. The van der Waals surface area contributed by atoms with Gasteiger partial charge >= 0.3 is 0 Å². The van der Waals surface area contributed by atoms with Gasteiger partial charge in [0.2, 0.25) is 0 Å². The topological polar surface area (TPSA) is 12.0 Å². The number of hydrogen-bond acceptors (Lipinski definition) is 1. The molecule has 2 atom stereocenters. The first-order chi connectivity index (χ1) is 8.75. The maximum Gasteiger partial charge on any atom is 0.00672 e. The van der Waals surface area contributed by atoms with Crippen LogP contribution in [0.5, 0.6) is 0 Å². The van der Waals surface area contributed by atoms with E-state index in [0.717, 1.165) is 17.9 Å². The molecule has 0 aromatic rings. The Balaban J connectivity index is 1.64. The molecule has 1 saturated carbocycles. The zero-order valence-electron chi connectivity index (χ0n) is 12.4. The van der Waals surface area contributed by atoms with Crippen LogP contribution in [0.3, 0.4) is 0 Å². The fraction of sp³-hybridized carbons (Fsp3) is 0.882. The molecule has 0 aromatic carbocycles. The van der Waals surface area contributed by atoms with Crippen molar-refractivity contribution in [3.05, 3.63) is 11.6 Å². The Morgan fingerprint density at radius 1 is 1.17 bits per heavy atom. The van der Waals surface area contributed by atoms with Gasteiger partial charge in [-0.25, -0.2) is 0 Å². The van der Waals surface area contributed by atoms with Crippen molar-refractivity contribution in [2.75, 3.05) is 6.54 Å². The van der Waals surface area contributed by atoms with Crippen LogP contribution >= 0.6 is 0 Å². The van der Waals surface area contributed by atoms with E-state index in [-0.39, 0.29) is 0 Å². The minimum Gasteiger partial charge on any atom is -0.314 e. The second kappa shape index (κ2) is 7.33. The Hall–Kier alpha value is -0.300. The first-order valence-corrected chi connectivity index (χ1v) is 8.17. The van der Waals surface area contributed by atoms with E-state index >= 15 is 0 Å². The van der Waals surface area contributed by atoms with Crippen LogP contribution < -0.4 is 5.32 Å². The molecule has 1 nitrogen and oxygen atoms in total. The summed E-state index contributed by atoms with van der Waals surface area (Å²) in [6, 6.07) is 0.802. The summed E-state index contributed by atoms with van der Waals surface area (Å²) in [4.78, 5) is 0. The van der Waals surface area contributed by atoms with E-state index in [1.807, 2.05) is 0 Å². The minimum atomic E-state index is 0.802. The third-order valence-corrected chi connectivity index (χ3v) is 4.97. The highest BCUT2D eigenvalue weighted by Gasteiger charge is 2.20. The zero-order chi connectivity index (χ0) is 12.8. The van der Waals surface area contributed by atoms with Crippen LogP contribution in [0.15, 0.2) is 11.6 Å². The zero-order valence-corrected chi connectivity index (χ0v) is 12.4. The molecule has 2 aliphatic rings. The van der Waals surface area contributed by atoms with Crippen LogP contribution in [0, 0.1) is 11.8 Å². The van der Waals surface area contributed by atoms with Crippen molar-refractivity contribution in [1.82, 2.24) is 5.32 Å². The molecule has 18 heavy (non-hydrogen) atoms. The quantitative estimate of drug-likeness (QED) is 0.551. The summed E-state index contributed by atoms with van der Waals surface area (Å²) in [6.45, 7) is 6.00. The van der Waals surface area contributed by atoms with Crippen LogP contribution in [-0.4, -0.2) is 12.6 Å². The molecule has 0 heterocycles. The summed E-state index contributed by atoms with van der Waals surface area (Å²) >= 11 is 0. The highest BCUT2D eigenvalue weighted by atomic mass is 14.9. The van der Waals surface area contributed by atoms with Crippen LogP contribution in [0.2, 0.25) is 0 Å². The molecular weight excluding hydrogens is 218 g/mol. The number of hydrogen-bond donors (Lipinski definition) is 1. The van der Waals surface area contributed by atoms with Crippen molar-refractivity contribution < 1.29 is 0 Å². The first kappa shape index (κ1) is 14.1. The predicted octanol–water partition coefficient (Wildman–Crippen LogP) is 4.68. The molecule has 2 rings (SSSR count). The van der Waals surface area contributed by atoms with E-state index in [0.29, 0.717) is 0 Å². The summed E-state index contributed by atoms with van der Waals surface area (Å²) in [5.41, 5.74) is 1.70. The average Bonchev–Trinajstić information content (AvgIpc) is 2.73. The highest BCUT2D eigenvalue weighted by Crippen LogP contribution is 2.29. The molecular formula is C17H31N. The lowest BCUT2D eigenvalue weighted by atomic mass is 9.89. The highest BCUT2D eigenvalue weighted by molar-refractivity contribution is 5.07. The second-order valence-electron chi connectivity index (χ2n) is 6.67. The number of allylic oxidation sites excluding steroid dienone is 1. The van der Waals surface area contributed by atoms with Gasteiger partial charge in [-0.05, 0) is 63.3 Å². The predicted molar refractivity (Wildman–Crippen MR) is 79.8 cm³/mol. The molecule has 1 fully saturated rings. The van der Waals surface area contributed by atoms with Gasteiger partial charge in [0.25, 0.3) is 0 Å². The Morgan fingerprint density at radius 3 is 2.78 bits per heavy atom. The molecule has 2 unspecified atom stereocenters. The maximum absolute atomic E-state index is 3.81. The summed E-state index contributed by atoms with van der Waals surface area (Å²) in [6.07, 6.45) is 15.0. The van der Waals surface area contributed by atoms with Crippen LogP contribution in [0.1, 0.15) is 71.6 Å². The number of rotatable bonds is 5. The van der Waals surface area contributed by atoms with Crippen molar-refractivity contribution in [2.45, 2.75) is 77.7 Å². The molecule has 0 aliphatic heterocycles. The van der Waals surface area contributed by atoms with E-state index in [2.05, 4.69) is 25.2 Å². The van der Waals surface area contributed by atoms with Gasteiger partial charge in [0.15, 0.2) is 0 Å². The Labute approximate surface area is 113 Å². The van der Waals surface area contributed by atoms with Crippen molar-refractivity contribution in [1.29, 1.82) is 0 Å². The van der Waals surface area contributed by atoms with Gasteiger partial charge in [-0.3, -0.25) is 0 Å². The van der Waals surface area contributed by atoms with Crippen LogP contribution in [0.4, 0.5) is 0 Å². The summed E-state index contributed by atoms with van der Waals surface area (Å²) < 4.78 is 0. The van der Waals surface area contributed by atoms with Crippen molar-refractivity contribution in [3.63, 3.8) is 0 Å². The van der Waals surface area contributed by atoms with E-state index in [4.69, 9.17) is 0 Å². The molecule has 0 amide bonds. The largest absolute Gasteiger partial charge is 0.314 e. The first-order valence-electron chi connectivity index (χ1n) is 8.17. The summed E-state index contributed by atoms with van der Waals surface area (Å²) in [7, 11) is 0. The SMILES string of the molecule is CC(C)C1CCCC(NCCC2=CCCC2)CC1. The van der Waals surface area contributed by atoms with Gasteiger partial charge in [0.05, 0.1) is 0 Å². The number of nitrogens with one attached hydrogen (secondary N) is 1. The Morgan fingerprint density at radius 2 is 2.06 bits per heavy atom. The molecule has 0 aromatic heterocycles. The van der Waals surface area contributed by atoms with E-state index in [1.165, 1.54) is 64.3 Å². The van der Waals surface area contributed by atoms with Gasteiger partial charge in [0, 0.05) is 6.04 Å². The van der Waals surface area contributed by atoms with E-state index in [1.54, 1.807) is 5.57 Å². The van der Waals surface area contributed by atoms with Crippen molar-refractivity contribution in [2.24, 2.45) is 11.8 Å².